The summed E-state index contributed by atoms with van der Waals surface area (Å²) >= 11 is 0. The van der Waals surface area contributed by atoms with Gasteiger partial charge in [-0.2, -0.15) is 5.43 Å². The van der Waals surface area contributed by atoms with E-state index >= 15 is 0 Å². The summed E-state index contributed by atoms with van der Waals surface area (Å²) in [6.45, 7) is 0.804. The van der Waals surface area contributed by atoms with Gasteiger partial charge in [-0.1, -0.05) is 17.5 Å². The fraction of sp³-hybridized carbons (Fsp3) is 0.611. The first-order valence-electron chi connectivity index (χ1n) is 8.55. The van der Waals surface area contributed by atoms with Crippen LogP contribution >= 0.6 is 0 Å². The van der Waals surface area contributed by atoms with Crippen molar-refractivity contribution in [3.63, 3.8) is 0 Å². The van der Waals surface area contributed by atoms with Gasteiger partial charge in [0.05, 0.1) is 12.1 Å². The molecule has 4 nitrogen and oxygen atoms in total. The largest absolute Gasteiger partial charge is 0.299 e. The molecule has 1 aliphatic heterocycles. The van der Waals surface area contributed by atoms with Crippen LogP contribution in [-0.2, 0) is 4.79 Å². The van der Waals surface area contributed by atoms with Crippen LogP contribution in [0.5, 0.6) is 0 Å². The first kappa shape index (κ1) is 15.2. The summed E-state index contributed by atoms with van der Waals surface area (Å²) in [6.07, 6.45) is 11.2. The van der Waals surface area contributed by atoms with Crippen molar-refractivity contribution in [2.45, 2.75) is 51.4 Å². The van der Waals surface area contributed by atoms with Crippen molar-refractivity contribution in [1.29, 1.82) is 0 Å². The van der Waals surface area contributed by atoms with Crippen LogP contribution in [0.15, 0.2) is 24.5 Å². The molecule has 1 aromatic rings. The smallest absolute Gasteiger partial charge is 0.210 e. The van der Waals surface area contributed by atoms with Gasteiger partial charge in [0, 0.05) is 24.8 Å². The lowest BCUT2D eigenvalue weighted by Crippen LogP contribution is -2.47. The lowest BCUT2D eigenvalue weighted by atomic mass is 9.89. The lowest BCUT2D eigenvalue weighted by Gasteiger charge is -2.18. The van der Waals surface area contributed by atoms with Gasteiger partial charge in [0.2, 0.25) is 6.20 Å². The van der Waals surface area contributed by atoms with Crippen molar-refractivity contribution in [1.82, 2.24) is 0 Å². The first-order chi connectivity index (χ1) is 10.7. The predicted molar refractivity (Wildman–Crippen MR) is 84.1 cm³/mol. The lowest BCUT2D eigenvalue weighted by molar-refractivity contribution is -0.650. The zero-order chi connectivity index (χ0) is 15.4. The Morgan fingerprint density at radius 3 is 2.82 bits per heavy atom. The molecule has 1 N–H and O–H groups in total. The van der Waals surface area contributed by atoms with Crippen LogP contribution in [0.2, 0.25) is 0 Å². The first-order valence-corrected chi connectivity index (χ1v) is 8.55. The maximum atomic E-state index is 12.4. The number of nitrogens with zero attached hydrogens (tertiary/aromatic N) is 1. The van der Waals surface area contributed by atoms with Crippen LogP contribution in [0.3, 0.4) is 0 Å². The molecule has 4 heteroatoms. The van der Waals surface area contributed by atoms with Crippen LogP contribution in [0, 0.1) is 11.8 Å². The summed E-state index contributed by atoms with van der Waals surface area (Å²) < 4.78 is 1.87. The monoisotopic (exact) mass is 301 g/mol. The predicted octanol–water partition coefficient (Wildman–Crippen LogP) is 2.65. The molecule has 0 aromatic carbocycles. The molecular formula is C18H25N2O2+. The number of carbonyl (C=O) groups excluding carboxylic acids is 2. The minimum Gasteiger partial charge on any atom is -0.299 e. The fourth-order valence-corrected chi connectivity index (χ4v) is 3.76. The van der Waals surface area contributed by atoms with E-state index in [1.165, 1.54) is 0 Å². The number of ketones is 2. The van der Waals surface area contributed by atoms with Gasteiger partial charge in [-0.15, -0.1) is 0 Å². The SMILES string of the molecule is O=C1CCCCCC(=O)C2CCCC2CN[n+]2cccc1c2. The highest BCUT2D eigenvalue weighted by atomic mass is 16.1. The molecule has 0 saturated heterocycles. The molecule has 1 aliphatic carbocycles. The number of fused-ring (bicyclic) bond motifs is 3. The highest BCUT2D eigenvalue weighted by Crippen LogP contribution is 2.33. The van der Waals surface area contributed by atoms with Crippen molar-refractivity contribution >= 4 is 11.6 Å². The van der Waals surface area contributed by atoms with Crippen LogP contribution in [-0.4, -0.2) is 18.1 Å². The second-order valence-electron chi connectivity index (χ2n) is 6.61. The average Bonchev–Trinajstić information content (AvgIpc) is 3.00. The van der Waals surface area contributed by atoms with Crippen molar-refractivity contribution in [3.05, 3.63) is 30.1 Å². The molecule has 0 spiro atoms. The van der Waals surface area contributed by atoms with Crippen LogP contribution < -0.4 is 10.1 Å². The molecule has 2 unspecified atom stereocenters. The minimum atomic E-state index is 0.193. The quantitative estimate of drug-likeness (QED) is 0.750. The number of nitrogens with one attached hydrogen (secondary N) is 1. The van der Waals surface area contributed by atoms with E-state index in [0.29, 0.717) is 24.5 Å². The van der Waals surface area contributed by atoms with E-state index < -0.39 is 0 Å². The summed E-state index contributed by atoms with van der Waals surface area (Å²) in [4.78, 5) is 24.6. The van der Waals surface area contributed by atoms with Crippen molar-refractivity contribution < 1.29 is 14.3 Å². The topological polar surface area (TPSA) is 50.1 Å². The molecule has 0 radical (unpaired) electrons. The summed E-state index contributed by atoms with van der Waals surface area (Å²) in [5, 5.41) is 0. The number of pyridine rings is 1. The zero-order valence-corrected chi connectivity index (χ0v) is 13.1. The van der Waals surface area contributed by atoms with Crippen LogP contribution in [0.25, 0.3) is 0 Å². The van der Waals surface area contributed by atoms with Gasteiger partial charge in [-0.05, 0) is 37.7 Å². The van der Waals surface area contributed by atoms with Gasteiger partial charge in [0.25, 0.3) is 0 Å². The standard InChI is InChI=1S/C18H25N2O2/c21-17-9-2-1-3-10-18(22)16-8-4-6-14(16)12-19-20-11-5-7-15(17)13-20/h5,7,11,13-14,16,19H,1-4,6,8-10,12H2/q+1. The summed E-state index contributed by atoms with van der Waals surface area (Å²) in [5.74, 6) is 1.30. The number of Topliss-reactive ketones (excluding diaryl/α,β-unsaturated/α-hetero) is 2. The third kappa shape index (κ3) is 3.54. The molecule has 2 bridgehead atoms. The molecule has 1 aromatic heterocycles. The number of rotatable bonds is 0. The Balaban J connectivity index is 1.77. The summed E-state index contributed by atoms with van der Waals surface area (Å²) in [6, 6.07) is 3.79. The molecule has 3 rings (SSSR count). The Morgan fingerprint density at radius 2 is 1.91 bits per heavy atom. The van der Waals surface area contributed by atoms with Gasteiger partial charge in [-0.3, -0.25) is 9.59 Å². The maximum Gasteiger partial charge on any atom is 0.210 e. The van der Waals surface area contributed by atoms with E-state index in [-0.39, 0.29) is 11.7 Å². The van der Waals surface area contributed by atoms with Gasteiger partial charge in [0.1, 0.15) is 5.78 Å². The van der Waals surface area contributed by atoms with Crippen LogP contribution in [0.1, 0.15) is 61.7 Å². The van der Waals surface area contributed by atoms with E-state index in [0.717, 1.165) is 50.6 Å². The fourth-order valence-electron chi connectivity index (χ4n) is 3.76. The second-order valence-corrected chi connectivity index (χ2v) is 6.61. The second kappa shape index (κ2) is 7.03. The van der Waals surface area contributed by atoms with E-state index in [1.807, 2.05) is 29.2 Å². The Bertz CT molecular complexity index is 556. The third-order valence-corrected chi connectivity index (χ3v) is 5.06. The number of hydrogen-bond acceptors (Lipinski definition) is 3. The molecule has 1 fully saturated rings. The number of hydrogen-bond donors (Lipinski definition) is 1. The molecule has 118 valence electrons. The van der Waals surface area contributed by atoms with Gasteiger partial charge < -0.3 is 0 Å². The van der Waals surface area contributed by atoms with Crippen molar-refractivity contribution in [3.8, 4) is 0 Å². The number of aromatic nitrogens is 1. The summed E-state index contributed by atoms with van der Waals surface area (Å²) in [7, 11) is 0. The van der Waals surface area contributed by atoms with E-state index in [2.05, 4.69) is 5.43 Å². The zero-order valence-electron chi connectivity index (χ0n) is 13.1. The average molecular weight is 301 g/mol. The molecule has 22 heavy (non-hydrogen) atoms. The normalized spacial score (nSPS) is 26.9. The highest BCUT2D eigenvalue weighted by molar-refractivity contribution is 5.95. The third-order valence-electron chi connectivity index (χ3n) is 5.06. The Labute approximate surface area is 131 Å². The molecule has 2 heterocycles. The Hall–Kier alpha value is -1.71. The van der Waals surface area contributed by atoms with E-state index in [4.69, 9.17) is 0 Å². The summed E-state index contributed by atoms with van der Waals surface area (Å²) in [5.41, 5.74) is 4.13. The van der Waals surface area contributed by atoms with E-state index in [1.54, 1.807) is 0 Å². The Morgan fingerprint density at radius 1 is 1.05 bits per heavy atom. The molecular weight excluding hydrogens is 276 g/mol. The highest BCUT2D eigenvalue weighted by Gasteiger charge is 2.32. The number of carbonyl (C=O) groups is 2. The van der Waals surface area contributed by atoms with Crippen molar-refractivity contribution in [2.24, 2.45) is 11.8 Å². The van der Waals surface area contributed by atoms with Gasteiger partial charge in [0.15, 0.2) is 12.0 Å². The molecule has 0 amide bonds. The maximum absolute atomic E-state index is 12.4. The van der Waals surface area contributed by atoms with Gasteiger partial charge in [-0.25, -0.2) is 0 Å². The van der Waals surface area contributed by atoms with Crippen LogP contribution in [0.4, 0.5) is 0 Å². The van der Waals surface area contributed by atoms with Crippen molar-refractivity contribution in [2.75, 3.05) is 12.0 Å². The Kier molecular flexibility index (Phi) is 4.86. The molecule has 2 atom stereocenters. The molecule has 2 aliphatic rings. The van der Waals surface area contributed by atoms with Gasteiger partial charge >= 0.3 is 0 Å². The molecule has 1 saturated carbocycles. The van der Waals surface area contributed by atoms with E-state index in [9.17, 15) is 9.59 Å². The minimum absolute atomic E-state index is 0.193.